The van der Waals surface area contributed by atoms with Crippen molar-refractivity contribution in [1.29, 1.82) is 0 Å². The first-order valence-corrected chi connectivity index (χ1v) is 11.0. The van der Waals surface area contributed by atoms with Crippen LogP contribution in [0.1, 0.15) is 17.8 Å². The Kier molecular flexibility index (Phi) is 5.02. The van der Waals surface area contributed by atoms with Gasteiger partial charge in [-0.2, -0.15) is 5.10 Å². The lowest BCUT2D eigenvalue weighted by Gasteiger charge is -2.10. The van der Waals surface area contributed by atoms with E-state index in [9.17, 15) is 9.59 Å². The molecule has 0 aliphatic heterocycles. The topological polar surface area (TPSA) is 94.7 Å². The molecule has 0 aliphatic carbocycles. The number of nitrogens with zero attached hydrogens (tertiary/aromatic N) is 5. The first kappa shape index (κ1) is 20.1. The number of carbonyl (C=O) groups excluding carboxylic acids is 1. The molecule has 2 aromatic carbocycles. The smallest absolute Gasteiger partial charge is 0.264 e. The second-order valence-corrected chi connectivity index (χ2v) is 8.56. The number of anilines is 1. The molecule has 0 unspecified atom stereocenters. The van der Waals surface area contributed by atoms with Gasteiger partial charge in [0, 0.05) is 13.0 Å². The van der Waals surface area contributed by atoms with Gasteiger partial charge in [0.05, 0.1) is 22.1 Å². The lowest BCUT2D eigenvalue weighted by Crippen LogP contribution is -2.26. The van der Waals surface area contributed by atoms with Gasteiger partial charge >= 0.3 is 0 Å². The third-order valence-electron chi connectivity index (χ3n) is 5.23. The van der Waals surface area contributed by atoms with Crippen LogP contribution in [0.15, 0.2) is 59.5 Å². The number of carbonyl (C=O) groups is 1. The summed E-state index contributed by atoms with van der Waals surface area (Å²) >= 11 is 1.44. The molecule has 0 radical (unpaired) electrons. The summed E-state index contributed by atoms with van der Waals surface area (Å²) in [6.45, 7) is 4.00. The highest BCUT2D eigenvalue weighted by molar-refractivity contribution is 7.22. The fourth-order valence-electron chi connectivity index (χ4n) is 3.61. The number of rotatable bonds is 5. The zero-order valence-electron chi connectivity index (χ0n) is 17.6. The second-order valence-electron chi connectivity index (χ2n) is 7.53. The fraction of sp³-hybridized carbons (Fsp3) is 0.174. The van der Waals surface area contributed by atoms with E-state index < -0.39 is 0 Å². The van der Waals surface area contributed by atoms with Crippen molar-refractivity contribution in [2.24, 2.45) is 0 Å². The summed E-state index contributed by atoms with van der Waals surface area (Å²) in [5.74, 6) is 0.329. The van der Waals surface area contributed by atoms with Crippen molar-refractivity contribution < 1.29 is 4.79 Å². The van der Waals surface area contributed by atoms with E-state index in [1.807, 2.05) is 55.5 Å². The largest absolute Gasteiger partial charge is 0.302 e. The number of thiazole rings is 1. The van der Waals surface area contributed by atoms with Crippen LogP contribution in [0.25, 0.3) is 26.9 Å². The van der Waals surface area contributed by atoms with Crippen molar-refractivity contribution in [2.45, 2.75) is 26.8 Å². The van der Waals surface area contributed by atoms with E-state index in [2.05, 4.69) is 20.4 Å². The Morgan fingerprint density at radius 3 is 2.72 bits per heavy atom. The molecule has 0 aliphatic rings. The number of benzene rings is 2. The quantitative estimate of drug-likeness (QED) is 0.444. The van der Waals surface area contributed by atoms with Gasteiger partial charge in [-0.15, -0.1) is 0 Å². The van der Waals surface area contributed by atoms with Gasteiger partial charge in [-0.3, -0.25) is 14.2 Å². The summed E-state index contributed by atoms with van der Waals surface area (Å²) in [6, 6.07) is 15.5. The molecular weight excluding hydrogens is 424 g/mol. The van der Waals surface area contributed by atoms with Crippen LogP contribution in [0.5, 0.6) is 0 Å². The monoisotopic (exact) mass is 444 g/mol. The van der Waals surface area contributed by atoms with Gasteiger partial charge in [0.1, 0.15) is 11.2 Å². The number of hydrogen-bond acceptors (Lipinski definition) is 6. The van der Waals surface area contributed by atoms with Gasteiger partial charge in [-0.25, -0.2) is 14.6 Å². The maximum atomic E-state index is 13.0. The van der Waals surface area contributed by atoms with Crippen molar-refractivity contribution in [2.75, 3.05) is 5.32 Å². The molecule has 32 heavy (non-hydrogen) atoms. The van der Waals surface area contributed by atoms with Crippen LogP contribution in [-0.4, -0.2) is 30.2 Å². The van der Waals surface area contributed by atoms with Gasteiger partial charge in [0.25, 0.3) is 5.56 Å². The van der Waals surface area contributed by atoms with Gasteiger partial charge < -0.3 is 5.32 Å². The number of nitrogens with one attached hydrogen (secondary N) is 1. The lowest BCUT2D eigenvalue weighted by atomic mass is 10.2. The molecule has 0 saturated carbocycles. The predicted molar refractivity (Wildman–Crippen MR) is 125 cm³/mol. The van der Waals surface area contributed by atoms with E-state index in [1.54, 1.807) is 11.6 Å². The Bertz CT molecular complexity index is 1520. The summed E-state index contributed by atoms with van der Waals surface area (Å²) in [5.41, 5.74) is 3.12. The molecular formula is C23H20N6O2S. The molecule has 5 aromatic rings. The SMILES string of the molecule is Cc1ccc2nc(NC(=O)CCn3c(C)nc4c(cnn4-c4ccccc4)c3=O)sc2c1. The standard InChI is InChI=1S/C23H20N6O2S/c1-14-8-9-18-19(12-14)32-23(26-18)27-20(30)10-11-28-15(2)25-21-17(22(28)31)13-24-29(21)16-6-4-3-5-7-16/h3-9,12-13H,10-11H2,1-2H3,(H,26,27,30). The fourth-order valence-corrected chi connectivity index (χ4v) is 4.59. The number of amides is 1. The molecule has 0 fully saturated rings. The summed E-state index contributed by atoms with van der Waals surface area (Å²) in [7, 11) is 0. The van der Waals surface area contributed by atoms with Gasteiger partial charge in [0.15, 0.2) is 10.8 Å². The summed E-state index contributed by atoms with van der Waals surface area (Å²) in [5, 5.41) is 8.15. The predicted octanol–water partition coefficient (Wildman–Crippen LogP) is 3.84. The van der Waals surface area contributed by atoms with Crippen LogP contribution in [0.2, 0.25) is 0 Å². The minimum atomic E-state index is -0.210. The van der Waals surface area contributed by atoms with Crippen molar-refractivity contribution in [3.63, 3.8) is 0 Å². The van der Waals surface area contributed by atoms with Crippen molar-refractivity contribution in [3.05, 3.63) is 76.5 Å². The van der Waals surface area contributed by atoms with Gasteiger partial charge in [-0.05, 0) is 43.7 Å². The average molecular weight is 445 g/mol. The minimum absolute atomic E-state index is 0.135. The number of para-hydroxylation sites is 1. The highest BCUT2D eigenvalue weighted by Crippen LogP contribution is 2.26. The molecule has 160 valence electrons. The molecule has 3 aromatic heterocycles. The average Bonchev–Trinajstić information content (AvgIpc) is 3.37. The second kappa shape index (κ2) is 8.01. The van der Waals surface area contributed by atoms with Crippen molar-refractivity contribution >= 4 is 43.6 Å². The Morgan fingerprint density at radius 2 is 1.91 bits per heavy atom. The van der Waals surface area contributed by atoms with E-state index >= 15 is 0 Å². The molecule has 0 saturated heterocycles. The summed E-state index contributed by atoms with van der Waals surface area (Å²) < 4.78 is 4.19. The number of aryl methyl sites for hydroxylation is 2. The van der Waals surface area contributed by atoms with Gasteiger partial charge in [0.2, 0.25) is 5.91 Å². The molecule has 1 N–H and O–H groups in total. The van der Waals surface area contributed by atoms with E-state index in [0.717, 1.165) is 21.5 Å². The molecule has 3 heterocycles. The first-order valence-electron chi connectivity index (χ1n) is 10.2. The zero-order chi connectivity index (χ0) is 22.2. The van der Waals surface area contributed by atoms with Crippen LogP contribution in [0, 0.1) is 13.8 Å². The number of hydrogen-bond donors (Lipinski definition) is 1. The third kappa shape index (κ3) is 3.67. The van der Waals surface area contributed by atoms with E-state index in [-0.39, 0.29) is 24.4 Å². The number of aromatic nitrogens is 5. The Hall–Kier alpha value is -3.85. The molecule has 0 spiro atoms. The minimum Gasteiger partial charge on any atom is -0.302 e. The summed E-state index contributed by atoms with van der Waals surface area (Å²) in [6.07, 6.45) is 1.66. The van der Waals surface area contributed by atoms with Gasteiger partial charge in [-0.1, -0.05) is 35.6 Å². The molecule has 0 bridgehead atoms. The Balaban J connectivity index is 1.35. The van der Waals surface area contributed by atoms with Crippen LogP contribution in [-0.2, 0) is 11.3 Å². The Morgan fingerprint density at radius 1 is 1.09 bits per heavy atom. The normalized spacial score (nSPS) is 11.3. The molecule has 0 atom stereocenters. The summed E-state index contributed by atoms with van der Waals surface area (Å²) in [4.78, 5) is 34.6. The molecule has 8 nitrogen and oxygen atoms in total. The van der Waals surface area contributed by atoms with E-state index in [1.165, 1.54) is 22.1 Å². The molecule has 9 heteroatoms. The Labute approximate surface area is 187 Å². The van der Waals surface area contributed by atoms with E-state index in [0.29, 0.717) is 22.0 Å². The number of fused-ring (bicyclic) bond motifs is 2. The molecule has 5 rings (SSSR count). The highest BCUT2D eigenvalue weighted by Gasteiger charge is 2.15. The molecule has 1 amide bonds. The zero-order valence-corrected chi connectivity index (χ0v) is 18.4. The highest BCUT2D eigenvalue weighted by atomic mass is 32.1. The van der Waals surface area contributed by atoms with Crippen molar-refractivity contribution in [3.8, 4) is 5.69 Å². The maximum Gasteiger partial charge on any atom is 0.264 e. The lowest BCUT2D eigenvalue weighted by molar-refractivity contribution is -0.116. The van der Waals surface area contributed by atoms with Crippen LogP contribution in [0.3, 0.4) is 0 Å². The third-order valence-corrected chi connectivity index (χ3v) is 6.16. The maximum absolute atomic E-state index is 13.0. The van der Waals surface area contributed by atoms with Crippen molar-refractivity contribution in [1.82, 2.24) is 24.3 Å². The van der Waals surface area contributed by atoms with E-state index in [4.69, 9.17) is 0 Å². The first-order chi connectivity index (χ1) is 15.5. The van der Waals surface area contributed by atoms with Crippen LogP contribution < -0.4 is 10.9 Å². The van der Waals surface area contributed by atoms with Crippen LogP contribution >= 0.6 is 11.3 Å². The van der Waals surface area contributed by atoms with Crippen LogP contribution in [0.4, 0.5) is 5.13 Å².